The maximum atomic E-state index is 14.9. The minimum atomic E-state index is -0.281. The van der Waals surface area contributed by atoms with E-state index in [2.05, 4.69) is 60.0 Å². The molecule has 44 heavy (non-hydrogen) atoms. The molecule has 4 heterocycles. The normalized spacial score (nSPS) is 19.0. The maximum absolute atomic E-state index is 14.9. The molecule has 0 N–H and O–H groups in total. The Hall–Kier alpha value is -3.98. The molecule has 0 bridgehead atoms. The van der Waals surface area contributed by atoms with Gasteiger partial charge in [-0.2, -0.15) is 0 Å². The Balaban J connectivity index is 1.40. The van der Waals surface area contributed by atoms with E-state index in [0.29, 0.717) is 18.5 Å². The molecule has 0 aliphatic carbocycles. The molecule has 5 rings (SSSR count). The number of carbonyl (C=O) groups excluding carboxylic acids is 1. The van der Waals surface area contributed by atoms with Crippen molar-refractivity contribution in [3.8, 4) is 0 Å². The summed E-state index contributed by atoms with van der Waals surface area (Å²) in [6, 6.07) is 13.5. The predicted octanol–water partition coefficient (Wildman–Crippen LogP) is 6.33. The fourth-order valence-electron chi connectivity index (χ4n) is 6.58. The van der Waals surface area contributed by atoms with Gasteiger partial charge < -0.3 is 24.2 Å². The van der Waals surface area contributed by atoms with E-state index >= 15 is 0 Å². The number of anilines is 3. The van der Waals surface area contributed by atoms with Gasteiger partial charge in [-0.05, 0) is 61.7 Å². The SMILES string of the molecule is C=C(c1ccc2c(n1)C(OC)C(C)(C)CN2c1ccc(CC)c(F)c1)N1CCN(c2ccc(CC(=O)OC)cn2)CC1(C)C. The van der Waals surface area contributed by atoms with Crippen LogP contribution in [0.15, 0.2) is 55.2 Å². The van der Waals surface area contributed by atoms with E-state index in [4.69, 9.17) is 14.5 Å². The van der Waals surface area contributed by atoms with Crippen molar-refractivity contribution in [2.45, 2.75) is 59.1 Å². The van der Waals surface area contributed by atoms with Gasteiger partial charge in [-0.15, -0.1) is 0 Å². The van der Waals surface area contributed by atoms with Gasteiger partial charge in [-0.3, -0.25) is 4.79 Å². The van der Waals surface area contributed by atoms with Gasteiger partial charge in [0, 0.05) is 50.6 Å². The molecule has 1 atom stereocenters. The largest absolute Gasteiger partial charge is 0.469 e. The van der Waals surface area contributed by atoms with Gasteiger partial charge in [0.1, 0.15) is 17.7 Å². The van der Waals surface area contributed by atoms with Crippen LogP contribution in [0.4, 0.5) is 21.6 Å². The zero-order valence-corrected chi connectivity index (χ0v) is 27.0. The van der Waals surface area contributed by atoms with Crippen molar-refractivity contribution >= 4 is 28.9 Å². The smallest absolute Gasteiger partial charge is 0.310 e. The van der Waals surface area contributed by atoms with Gasteiger partial charge in [-0.25, -0.2) is 14.4 Å². The molecular formula is C35H44FN5O3. The number of hydrogen-bond donors (Lipinski definition) is 0. The summed E-state index contributed by atoms with van der Waals surface area (Å²) in [7, 11) is 3.11. The monoisotopic (exact) mass is 601 g/mol. The van der Waals surface area contributed by atoms with Crippen LogP contribution in [-0.2, 0) is 27.1 Å². The average molecular weight is 602 g/mol. The molecule has 1 fully saturated rings. The standard InChI is InChI=1S/C35H44FN5O3/c1-9-25-11-12-26(19-27(25)36)40-21-34(3,4)33(44-8)32-29(40)14-13-28(38-32)23(2)41-17-16-39(22-35(41,5)6)30-15-10-24(20-37-30)18-31(42)43-7/h10-15,19-20,33H,2,9,16-18,21-22H2,1,3-8H3. The number of piperazine rings is 1. The van der Waals surface area contributed by atoms with Gasteiger partial charge in [0.25, 0.3) is 0 Å². The first-order chi connectivity index (χ1) is 20.9. The number of nitrogens with zero attached hydrogens (tertiary/aromatic N) is 5. The quantitative estimate of drug-likeness (QED) is 0.278. The highest BCUT2D eigenvalue weighted by molar-refractivity contribution is 5.72. The molecule has 0 radical (unpaired) electrons. The summed E-state index contributed by atoms with van der Waals surface area (Å²) in [5, 5.41) is 0. The van der Waals surface area contributed by atoms with Crippen LogP contribution in [0.3, 0.4) is 0 Å². The van der Waals surface area contributed by atoms with Gasteiger partial charge in [0.15, 0.2) is 0 Å². The Labute approximate surface area is 260 Å². The summed E-state index contributed by atoms with van der Waals surface area (Å²) in [6.45, 7) is 18.1. The van der Waals surface area contributed by atoms with Crippen LogP contribution in [0.5, 0.6) is 0 Å². The second kappa shape index (κ2) is 12.2. The molecular weight excluding hydrogens is 557 g/mol. The molecule has 1 saturated heterocycles. The van der Waals surface area contributed by atoms with Gasteiger partial charge >= 0.3 is 5.97 Å². The lowest BCUT2D eigenvalue weighted by Gasteiger charge is -2.49. The van der Waals surface area contributed by atoms with E-state index in [1.54, 1.807) is 19.4 Å². The summed E-state index contributed by atoms with van der Waals surface area (Å²) in [5.41, 5.74) is 5.19. The Morgan fingerprint density at radius 1 is 1.07 bits per heavy atom. The summed E-state index contributed by atoms with van der Waals surface area (Å²) >= 11 is 0. The minimum absolute atomic E-state index is 0.190. The number of rotatable bonds is 8. The Kier molecular flexibility index (Phi) is 8.71. The average Bonchev–Trinajstić information content (AvgIpc) is 2.99. The van der Waals surface area contributed by atoms with Crippen molar-refractivity contribution in [1.29, 1.82) is 0 Å². The van der Waals surface area contributed by atoms with Crippen molar-refractivity contribution in [3.05, 3.63) is 83.6 Å². The first-order valence-electron chi connectivity index (χ1n) is 15.2. The zero-order valence-electron chi connectivity index (χ0n) is 27.0. The van der Waals surface area contributed by atoms with Crippen LogP contribution >= 0.6 is 0 Å². The lowest BCUT2D eigenvalue weighted by molar-refractivity contribution is -0.139. The predicted molar refractivity (Wildman–Crippen MR) is 173 cm³/mol. The number of methoxy groups -OCH3 is 2. The van der Waals surface area contributed by atoms with Gasteiger partial charge in [0.05, 0.1) is 41.8 Å². The Morgan fingerprint density at radius 2 is 1.84 bits per heavy atom. The van der Waals surface area contributed by atoms with Crippen molar-refractivity contribution in [2.24, 2.45) is 5.41 Å². The van der Waals surface area contributed by atoms with Crippen molar-refractivity contribution < 1.29 is 18.7 Å². The molecule has 234 valence electrons. The summed E-state index contributed by atoms with van der Waals surface area (Å²) < 4.78 is 25.7. The van der Waals surface area contributed by atoms with Crippen LogP contribution in [-0.4, -0.2) is 66.8 Å². The number of hydrogen-bond acceptors (Lipinski definition) is 8. The van der Waals surface area contributed by atoms with Gasteiger partial charge in [0.2, 0.25) is 0 Å². The third kappa shape index (κ3) is 6.02. The highest BCUT2D eigenvalue weighted by atomic mass is 19.1. The maximum Gasteiger partial charge on any atom is 0.310 e. The van der Waals surface area contributed by atoms with E-state index in [1.165, 1.54) is 7.11 Å². The number of aromatic nitrogens is 2. The Bertz CT molecular complexity index is 1540. The molecule has 9 heteroatoms. The summed E-state index contributed by atoms with van der Waals surface area (Å²) in [4.78, 5) is 28.2. The molecule has 0 spiro atoms. The minimum Gasteiger partial charge on any atom is -0.469 e. The number of pyridine rings is 2. The lowest BCUT2D eigenvalue weighted by Crippen LogP contribution is -2.58. The number of ether oxygens (including phenoxy) is 2. The number of carbonyl (C=O) groups is 1. The number of fused-ring (bicyclic) bond motifs is 1. The van der Waals surface area contributed by atoms with Crippen LogP contribution in [0.25, 0.3) is 5.70 Å². The van der Waals surface area contributed by atoms with Crippen molar-refractivity contribution in [1.82, 2.24) is 14.9 Å². The zero-order chi connectivity index (χ0) is 31.8. The first-order valence-corrected chi connectivity index (χ1v) is 15.2. The molecule has 8 nitrogen and oxygen atoms in total. The highest BCUT2D eigenvalue weighted by Crippen LogP contribution is 2.48. The summed E-state index contributed by atoms with van der Waals surface area (Å²) in [6.07, 6.45) is 2.36. The topological polar surface area (TPSA) is 71.0 Å². The number of aryl methyl sites for hydroxylation is 1. The molecule has 1 unspecified atom stereocenters. The third-order valence-corrected chi connectivity index (χ3v) is 8.91. The van der Waals surface area contributed by atoms with Crippen LogP contribution < -0.4 is 9.80 Å². The second-order valence-electron chi connectivity index (χ2n) is 13.0. The molecule has 3 aromatic rings. The molecule has 1 aromatic carbocycles. The van der Waals surface area contributed by atoms with E-state index in [9.17, 15) is 9.18 Å². The highest BCUT2D eigenvalue weighted by Gasteiger charge is 2.42. The molecule has 0 amide bonds. The Morgan fingerprint density at radius 3 is 2.45 bits per heavy atom. The van der Waals surface area contributed by atoms with Crippen LogP contribution in [0.2, 0.25) is 0 Å². The molecule has 2 aromatic heterocycles. The van der Waals surface area contributed by atoms with E-state index in [0.717, 1.165) is 59.5 Å². The van der Waals surface area contributed by atoms with E-state index in [1.807, 2.05) is 37.3 Å². The number of benzene rings is 1. The number of halogens is 1. The fraction of sp³-hybridized carbons (Fsp3) is 0.457. The van der Waals surface area contributed by atoms with E-state index in [-0.39, 0.29) is 35.3 Å². The fourth-order valence-corrected chi connectivity index (χ4v) is 6.58. The first kappa shape index (κ1) is 31.4. The van der Waals surface area contributed by atoms with Crippen LogP contribution in [0.1, 0.15) is 63.2 Å². The van der Waals surface area contributed by atoms with Crippen molar-refractivity contribution in [3.63, 3.8) is 0 Å². The molecule has 2 aliphatic rings. The van der Waals surface area contributed by atoms with Crippen LogP contribution in [0, 0.1) is 11.2 Å². The van der Waals surface area contributed by atoms with Gasteiger partial charge in [-0.1, -0.05) is 39.5 Å². The number of esters is 1. The van der Waals surface area contributed by atoms with E-state index < -0.39 is 0 Å². The summed E-state index contributed by atoms with van der Waals surface area (Å²) in [5.74, 6) is 0.402. The second-order valence-corrected chi connectivity index (χ2v) is 13.0. The lowest BCUT2D eigenvalue weighted by atomic mass is 9.79. The third-order valence-electron chi connectivity index (χ3n) is 8.91. The van der Waals surface area contributed by atoms with Crippen molar-refractivity contribution in [2.75, 3.05) is 50.2 Å². The molecule has 2 aliphatic heterocycles. The molecule has 0 saturated carbocycles.